The van der Waals surface area contributed by atoms with Crippen LogP contribution < -0.4 is 10.5 Å². The van der Waals surface area contributed by atoms with Gasteiger partial charge in [0.05, 0.1) is 5.56 Å². The molecule has 0 aliphatic carbocycles. The van der Waals surface area contributed by atoms with Gasteiger partial charge in [0.1, 0.15) is 5.75 Å². The Morgan fingerprint density at radius 3 is 2.20 bits per heavy atom. The van der Waals surface area contributed by atoms with E-state index in [1.807, 2.05) is 0 Å². The minimum atomic E-state index is -4.88. The second kappa shape index (κ2) is 5.24. The molecule has 0 aliphatic rings. The van der Waals surface area contributed by atoms with Crippen molar-refractivity contribution in [3.05, 3.63) is 54.1 Å². The Hall–Kier alpha value is -2.50. The van der Waals surface area contributed by atoms with Crippen molar-refractivity contribution in [3.8, 4) is 16.9 Å². The Morgan fingerprint density at radius 1 is 1.00 bits per heavy atom. The van der Waals surface area contributed by atoms with Gasteiger partial charge in [-0.1, -0.05) is 36.4 Å². The molecule has 0 bridgehead atoms. The number of alkyl halides is 3. The van der Waals surface area contributed by atoms with E-state index in [0.717, 1.165) is 11.6 Å². The highest BCUT2D eigenvalue weighted by Crippen LogP contribution is 2.30. The van der Waals surface area contributed by atoms with E-state index in [1.165, 1.54) is 12.1 Å². The zero-order chi connectivity index (χ0) is 14.8. The molecule has 0 aliphatic heterocycles. The fourth-order valence-corrected chi connectivity index (χ4v) is 1.75. The Balaban J connectivity index is 2.46. The van der Waals surface area contributed by atoms with Crippen LogP contribution in [0.2, 0.25) is 0 Å². The van der Waals surface area contributed by atoms with Crippen molar-refractivity contribution in [1.29, 1.82) is 0 Å². The standard InChI is InChI=1S/C14H10F3NO2/c15-14(16,17)20-12-7-6-10(8-11(12)13(18)19)9-4-2-1-3-5-9/h1-8H,(H2,18,19). The first kappa shape index (κ1) is 13.9. The van der Waals surface area contributed by atoms with Crippen molar-refractivity contribution in [1.82, 2.24) is 0 Å². The smallest absolute Gasteiger partial charge is 0.405 e. The molecule has 0 aromatic heterocycles. The van der Waals surface area contributed by atoms with Crippen molar-refractivity contribution in [2.75, 3.05) is 0 Å². The van der Waals surface area contributed by atoms with Crippen LogP contribution in [0.5, 0.6) is 5.75 Å². The number of ether oxygens (including phenoxy) is 1. The molecule has 2 aromatic rings. The summed E-state index contributed by atoms with van der Waals surface area (Å²) in [6.45, 7) is 0. The zero-order valence-electron chi connectivity index (χ0n) is 10.1. The molecular formula is C14H10F3NO2. The van der Waals surface area contributed by atoms with Gasteiger partial charge in [-0.3, -0.25) is 4.79 Å². The third kappa shape index (κ3) is 3.28. The molecule has 6 heteroatoms. The lowest BCUT2D eigenvalue weighted by molar-refractivity contribution is -0.274. The van der Waals surface area contributed by atoms with Gasteiger partial charge in [0.2, 0.25) is 0 Å². The number of benzene rings is 2. The number of nitrogens with two attached hydrogens (primary N) is 1. The summed E-state index contributed by atoms with van der Waals surface area (Å²) in [5.41, 5.74) is 6.11. The van der Waals surface area contributed by atoms with E-state index >= 15 is 0 Å². The zero-order valence-corrected chi connectivity index (χ0v) is 10.1. The molecule has 0 radical (unpaired) electrons. The molecule has 0 saturated heterocycles. The van der Waals surface area contributed by atoms with Gasteiger partial charge >= 0.3 is 6.36 Å². The molecular weight excluding hydrogens is 271 g/mol. The molecule has 0 saturated carbocycles. The highest BCUT2D eigenvalue weighted by Gasteiger charge is 2.32. The van der Waals surface area contributed by atoms with Crippen molar-refractivity contribution in [3.63, 3.8) is 0 Å². The van der Waals surface area contributed by atoms with Gasteiger partial charge in [-0.15, -0.1) is 13.2 Å². The van der Waals surface area contributed by atoms with Crippen LogP contribution in [0.15, 0.2) is 48.5 Å². The van der Waals surface area contributed by atoms with Crippen LogP contribution in [-0.2, 0) is 0 Å². The predicted octanol–water partition coefficient (Wildman–Crippen LogP) is 3.35. The van der Waals surface area contributed by atoms with Gasteiger partial charge in [-0.25, -0.2) is 0 Å². The molecule has 104 valence electrons. The van der Waals surface area contributed by atoms with Crippen LogP contribution in [0.4, 0.5) is 13.2 Å². The number of hydrogen-bond donors (Lipinski definition) is 1. The maximum atomic E-state index is 12.2. The lowest BCUT2D eigenvalue weighted by atomic mass is 10.0. The molecule has 2 N–H and O–H groups in total. The van der Waals surface area contributed by atoms with Crippen molar-refractivity contribution in [2.45, 2.75) is 6.36 Å². The molecule has 2 aromatic carbocycles. The number of rotatable bonds is 3. The van der Waals surface area contributed by atoms with Gasteiger partial charge in [0.15, 0.2) is 0 Å². The first-order valence-electron chi connectivity index (χ1n) is 5.62. The predicted molar refractivity (Wildman–Crippen MR) is 67.1 cm³/mol. The van der Waals surface area contributed by atoms with Gasteiger partial charge in [-0.2, -0.15) is 0 Å². The molecule has 20 heavy (non-hydrogen) atoms. The van der Waals surface area contributed by atoms with E-state index in [9.17, 15) is 18.0 Å². The Labute approximate surface area is 112 Å². The average molecular weight is 281 g/mol. The number of carbonyl (C=O) groups excluding carboxylic acids is 1. The van der Waals surface area contributed by atoms with E-state index in [0.29, 0.717) is 5.56 Å². The molecule has 0 heterocycles. The van der Waals surface area contributed by atoms with Crippen LogP contribution >= 0.6 is 0 Å². The van der Waals surface area contributed by atoms with Gasteiger partial charge in [-0.05, 0) is 23.3 Å². The summed E-state index contributed by atoms with van der Waals surface area (Å²) >= 11 is 0. The number of primary amides is 1. The first-order valence-corrected chi connectivity index (χ1v) is 5.62. The summed E-state index contributed by atoms with van der Waals surface area (Å²) in [5.74, 6) is -1.59. The van der Waals surface area contributed by atoms with E-state index in [2.05, 4.69) is 4.74 Å². The van der Waals surface area contributed by atoms with E-state index < -0.39 is 18.0 Å². The van der Waals surface area contributed by atoms with Crippen LogP contribution in [0.25, 0.3) is 11.1 Å². The second-order valence-electron chi connectivity index (χ2n) is 3.99. The number of carbonyl (C=O) groups is 1. The fraction of sp³-hybridized carbons (Fsp3) is 0.0714. The quantitative estimate of drug-likeness (QED) is 0.938. The number of amides is 1. The molecule has 1 amide bonds. The highest BCUT2D eigenvalue weighted by molar-refractivity contribution is 5.97. The largest absolute Gasteiger partial charge is 0.573 e. The van der Waals surface area contributed by atoms with Gasteiger partial charge < -0.3 is 10.5 Å². The normalized spacial score (nSPS) is 11.2. The third-order valence-corrected chi connectivity index (χ3v) is 2.58. The highest BCUT2D eigenvalue weighted by atomic mass is 19.4. The Morgan fingerprint density at radius 2 is 1.65 bits per heavy atom. The number of halogens is 3. The lowest BCUT2D eigenvalue weighted by Gasteiger charge is -2.13. The minimum absolute atomic E-state index is 0.316. The first-order chi connectivity index (χ1) is 9.37. The SMILES string of the molecule is NC(=O)c1cc(-c2ccccc2)ccc1OC(F)(F)F. The van der Waals surface area contributed by atoms with E-state index in [-0.39, 0.29) is 5.56 Å². The monoisotopic (exact) mass is 281 g/mol. The molecule has 0 atom stereocenters. The van der Waals surface area contributed by atoms with Crippen molar-refractivity contribution >= 4 is 5.91 Å². The van der Waals surface area contributed by atoms with Gasteiger partial charge in [0, 0.05) is 0 Å². The molecule has 0 fully saturated rings. The van der Waals surface area contributed by atoms with Crippen molar-refractivity contribution < 1.29 is 22.7 Å². The summed E-state index contributed by atoms with van der Waals surface area (Å²) in [6, 6.07) is 12.7. The summed E-state index contributed by atoms with van der Waals surface area (Å²) in [4.78, 5) is 11.3. The Bertz CT molecular complexity index is 624. The number of hydrogen-bond acceptors (Lipinski definition) is 2. The van der Waals surface area contributed by atoms with Crippen LogP contribution in [0, 0.1) is 0 Å². The molecule has 0 spiro atoms. The molecule has 3 nitrogen and oxygen atoms in total. The molecule has 2 rings (SSSR count). The summed E-state index contributed by atoms with van der Waals surface area (Å²) in [5, 5.41) is 0. The van der Waals surface area contributed by atoms with Crippen molar-refractivity contribution in [2.24, 2.45) is 5.73 Å². The van der Waals surface area contributed by atoms with E-state index in [4.69, 9.17) is 5.73 Å². The van der Waals surface area contributed by atoms with Crippen LogP contribution in [0.3, 0.4) is 0 Å². The Kier molecular flexibility index (Phi) is 3.65. The minimum Gasteiger partial charge on any atom is -0.405 e. The van der Waals surface area contributed by atoms with Gasteiger partial charge in [0.25, 0.3) is 5.91 Å². The average Bonchev–Trinajstić information content (AvgIpc) is 2.38. The maximum absolute atomic E-state index is 12.2. The van der Waals surface area contributed by atoms with Crippen LogP contribution in [-0.4, -0.2) is 12.3 Å². The fourth-order valence-electron chi connectivity index (χ4n) is 1.75. The summed E-state index contributed by atoms with van der Waals surface area (Å²) in [6.07, 6.45) is -4.88. The van der Waals surface area contributed by atoms with Crippen LogP contribution in [0.1, 0.15) is 10.4 Å². The summed E-state index contributed by atoms with van der Waals surface area (Å²) in [7, 11) is 0. The second-order valence-corrected chi connectivity index (χ2v) is 3.99. The lowest BCUT2D eigenvalue weighted by Crippen LogP contribution is -2.21. The summed E-state index contributed by atoms with van der Waals surface area (Å²) < 4.78 is 40.5. The third-order valence-electron chi connectivity index (χ3n) is 2.58. The maximum Gasteiger partial charge on any atom is 0.573 e. The topological polar surface area (TPSA) is 52.3 Å². The van der Waals surface area contributed by atoms with E-state index in [1.54, 1.807) is 30.3 Å². The molecule has 0 unspecified atom stereocenters.